The van der Waals surface area contributed by atoms with E-state index in [1.54, 1.807) is 12.1 Å². The highest BCUT2D eigenvalue weighted by Gasteiger charge is 2.17. The second-order valence-electron chi connectivity index (χ2n) is 5.30. The molecule has 0 aliphatic rings. The van der Waals surface area contributed by atoms with E-state index in [0.29, 0.717) is 5.69 Å². The number of alkyl halides is 2. The van der Waals surface area contributed by atoms with Gasteiger partial charge >= 0.3 is 12.6 Å². The predicted molar refractivity (Wildman–Crippen MR) is 87.9 cm³/mol. The molecule has 0 heterocycles. The fourth-order valence-corrected chi connectivity index (χ4v) is 2.06. The molecule has 1 amide bonds. The first-order chi connectivity index (χ1) is 11.9. The summed E-state index contributed by atoms with van der Waals surface area (Å²) in [6.45, 7) is 0.239. The maximum absolute atomic E-state index is 12.3. The molecule has 0 aliphatic carbocycles. The molecule has 2 rings (SSSR count). The maximum atomic E-state index is 12.3. The third kappa shape index (κ3) is 5.27. The predicted octanol–water partition coefficient (Wildman–Crippen LogP) is 3.70. The van der Waals surface area contributed by atoms with E-state index >= 15 is 0 Å². The minimum atomic E-state index is -3.07. The van der Waals surface area contributed by atoms with E-state index in [1.807, 2.05) is 19.9 Å². The van der Waals surface area contributed by atoms with Crippen molar-refractivity contribution < 1.29 is 27.8 Å². The van der Waals surface area contributed by atoms with Gasteiger partial charge in [0.15, 0.2) is 6.61 Å². The Labute approximate surface area is 143 Å². The van der Waals surface area contributed by atoms with Crippen molar-refractivity contribution in [3.8, 4) is 5.75 Å². The lowest BCUT2D eigenvalue weighted by Crippen LogP contribution is -2.21. The number of esters is 1. The van der Waals surface area contributed by atoms with Gasteiger partial charge in [-0.1, -0.05) is 18.2 Å². The van der Waals surface area contributed by atoms with Crippen molar-refractivity contribution in [3.05, 3.63) is 59.2 Å². The maximum Gasteiger partial charge on any atom is 0.387 e. The van der Waals surface area contributed by atoms with E-state index < -0.39 is 25.1 Å². The summed E-state index contributed by atoms with van der Waals surface area (Å²) in [6, 6.07) is 10.8. The number of anilines is 1. The topological polar surface area (TPSA) is 64.6 Å². The Morgan fingerprint density at radius 3 is 2.48 bits per heavy atom. The molecular weight excluding hydrogens is 332 g/mol. The zero-order valence-electron chi connectivity index (χ0n) is 13.7. The van der Waals surface area contributed by atoms with Crippen LogP contribution in [0.15, 0.2) is 42.5 Å². The molecule has 0 fully saturated rings. The van der Waals surface area contributed by atoms with Gasteiger partial charge in [0.2, 0.25) is 0 Å². The van der Waals surface area contributed by atoms with Crippen molar-refractivity contribution in [1.82, 2.24) is 0 Å². The highest BCUT2D eigenvalue weighted by molar-refractivity contribution is 5.96. The molecule has 0 saturated carbocycles. The van der Waals surface area contributed by atoms with Crippen molar-refractivity contribution in [2.75, 3.05) is 11.9 Å². The largest absolute Gasteiger partial charge is 0.452 e. The number of para-hydroxylation sites is 1. The van der Waals surface area contributed by atoms with E-state index in [-0.39, 0.29) is 11.3 Å². The number of amides is 1. The summed E-state index contributed by atoms with van der Waals surface area (Å²) in [7, 11) is 0. The van der Waals surface area contributed by atoms with Gasteiger partial charge < -0.3 is 14.8 Å². The number of nitrogens with one attached hydrogen (secondary N) is 1. The molecule has 7 heteroatoms. The average molecular weight is 349 g/mol. The molecule has 0 radical (unpaired) electrons. The first-order valence-electron chi connectivity index (χ1n) is 7.45. The fourth-order valence-electron chi connectivity index (χ4n) is 2.06. The van der Waals surface area contributed by atoms with Crippen LogP contribution in [0.25, 0.3) is 0 Å². The SMILES string of the molecule is Cc1ccc(NC(=O)COC(=O)c2ccccc2OC(F)F)cc1C. The van der Waals surface area contributed by atoms with Gasteiger partial charge in [0, 0.05) is 5.69 Å². The summed E-state index contributed by atoms with van der Waals surface area (Å²) in [5.74, 6) is -1.77. The second-order valence-corrected chi connectivity index (χ2v) is 5.30. The van der Waals surface area contributed by atoms with Crippen LogP contribution in [-0.4, -0.2) is 25.1 Å². The normalized spacial score (nSPS) is 10.4. The molecule has 1 N–H and O–H groups in total. The Hall–Kier alpha value is -2.96. The highest BCUT2D eigenvalue weighted by Crippen LogP contribution is 2.21. The highest BCUT2D eigenvalue weighted by atomic mass is 19.3. The van der Waals surface area contributed by atoms with Crippen molar-refractivity contribution in [2.24, 2.45) is 0 Å². The van der Waals surface area contributed by atoms with Crippen LogP contribution >= 0.6 is 0 Å². The lowest BCUT2D eigenvalue weighted by molar-refractivity contribution is -0.119. The molecule has 0 unspecified atom stereocenters. The average Bonchev–Trinajstić information content (AvgIpc) is 2.56. The Morgan fingerprint density at radius 2 is 1.80 bits per heavy atom. The molecular formula is C18H17F2NO4. The number of hydrogen-bond donors (Lipinski definition) is 1. The monoisotopic (exact) mass is 349 g/mol. The minimum absolute atomic E-state index is 0.179. The summed E-state index contributed by atoms with van der Waals surface area (Å²) in [5, 5.41) is 2.60. The molecule has 0 aliphatic heterocycles. The van der Waals surface area contributed by atoms with E-state index in [4.69, 9.17) is 4.74 Å². The van der Waals surface area contributed by atoms with Crippen LogP contribution in [0.5, 0.6) is 5.75 Å². The van der Waals surface area contributed by atoms with Gasteiger partial charge in [-0.15, -0.1) is 0 Å². The number of aryl methyl sites for hydroxylation is 2. The van der Waals surface area contributed by atoms with Gasteiger partial charge in [0.1, 0.15) is 11.3 Å². The number of rotatable bonds is 6. The number of hydrogen-bond acceptors (Lipinski definition) is 4. The summed E-state index contributed by atoms with van der Waals surface area (Å²) in [6.07, 6.45) is 0. The molecule has 25 heavy (non-hydrogen) atoms. The zero-order chi connectivity index (χ0) is 18.4. The molecule has 0 aromatic heterocycles. The summed E-state index contributed by atoms with van der Waals surface area (Å²) < 4.78 is 33.8. The first-order valence-corrected chi connectivity index (χ1v) is 7.45. The van der Waals surface area contributed by atoms with Crippen molar-refractivity contribution in [2.45, 2.75) is 20.5 Å². The van der Waals surface area contributed by atoms with E-state index in [0.717, 1.165) is 11.1 Å². The number of carbonyl (C=O) groups is 2. The number of halogens is 2. The number of ether oxygens (including phenoxy) is 2. The Morgan fingerprint density at radius 1 is 1.08 bits per heavy atom. The smallest absolute Gasteiger partial charge is 0.387 e. The zero-order valence-corrected chi connectivity index (χ0v) is 13.7. The quantitative estimate of drug-likeness (QED) is 0.808. The number of carbonyl (C=O) groups excluding carboxylic acids is 2. The van der Waals surface area contributed by atoms with Crippen LogP contribution < -0.4 is 10.1 Å². The molecule has 132 valence electrons. The van der Waals surface area contributed by atoms with Crippen molar-refractivity contribution in [3.63, 3.8) is 0 Å². The molecule has 0 spiro atoms. The summed E-state index contributed by atoms with van der Waals surface area (Å²) in [5.41, 5.74) is 2.49. The Balaban J connectivity index is 1.95. The van der Waals surface area contributed by atoms with Crippen LogP contribution in [0, 0.1) is 13.8 Å². The lowest BCUT2D eigenvalue weighted by atomic mass is 10.1. The third-order valence-electron chi connectivity index (χ3n) is 3.45. The Bertz CT molecular complexity index is 777. The number of benzene rings is 2. The van der Waals surface area contributed by atoms with Crippen LogP contribution in [-0.2, 0) is 9.53 Å². The van der Waals surface area contributed by atoms with E-state index in [2.05, 4.69) is 10.1 Å². The van der Waals surface area contributed by atoms with Gasteiger partial charge in [0.05, 0.1) is 0 Å². The standard InChI is InChI=1S/C18H17F2NO4/c1-11-7-8-13(9-12(11)2)21-16(22)10-24-17(23)14-5-3-4-6-15(14)25-18(19)20/h3-9,18H,10H2,1-2H3,(H,21,22). The van der Waals surface area contributed by atoms with Crippen molar-refractivity contribution >= 4 is 17.6 Å². The lowest BCUT2D eigenvalue weighted by Gasteiger charge is -2.11. The van der Waals surface area contributed by atoms with Gasteiger partial charge in [-0.25, -0.2) is 4.79 Å². The van der Waals surface area contributed by atoms with Crippen LogP contribution in [0.2, 0.25) is 0 Å². The van der Waals surface area contributed by atoms with Gasteiger partial charge in [-0.05, 0) is 49.2 Å². The molecule has 2 aromatic carbocycles. The van der Waals surface area contributed by atoms with Crippen molar-refractivity contribution in [1.29, 1.82) is 0 Å². The van der Waals surface area contributed by atoms with Gasteiger partial charge in [-0.2, -0.15) is 8.78 Å². The molecule has 5 nitrogen and oxygen atoms in total. The van der Waals surface area contributed by atoms with Gasteiger partial charge in [0.25, 0.3) is 5.91 Å². The van der Waals surface area contributed by atoms with Crippen LogP contribution in [0.1, 0.15) is 21.5 Å². The summed E-state index contributed by atoms with van der Waals surface area (Å²) >= 11 is 0. The van der Waals surface area contributed by atoms with E-state index in [1.165, 1.54) is 24.3 Å². The fraction of sp³-hybridized carbons (Fsp3) is 0.222. The molecule has 2 aromatic rings. The summed E-state index contributed by atoms with van der Waals surface area (Å²) in [4.78, 5) is 23.8. The third-order valence-corrected chi connectivity index (χ3v) is 3.45. The molecule has 0 saturated heterocycles. The Kier molecular flexibility index (Phi) is 6.05. The second kappa shape index (κ2) is 8.23. The van der Waals surface area contributed by atoms with Crippen LogP contribution in [0.4, 0.5) is 14.5 Å². The molecule has 0 atom stereocenters. The first kappa shape index (κ1) is 18.4. The molecule has 0 bridgehead atoms. The minimum Gasteiger partial charge on any atom is -0.452 e. The van der Waals surface area contributed by atoms with Gasteiger partial charge in [-0.3, -0.25) is 4.79 Å². The van der Waals surface area contributed by atoms with E-state index in [9.17, 15) is 18.4 Å². The van der Waals surface area contributed by atoms with Crippen LogP contribution in [0.3, 0.4) is 0 Å².